The zero-order chi connectivity index (χ0) is 37.4. The summed E-state index contributed by atoms with van der Waals surface area (Å²) in [4.78, 5) is 4.87. The summed E-state index contributed by atoms with van der Waals surface area (Å²) in [6.07, 6.45) is 8.98. The number of aryl methyl sites for hydroxylation is 1. The first-order chi connectivity index (χ1) is 26.0. The van der Waals surface area contributed by atoms with E-state index in [0.29, 0.717) is 0 Å². The molecule has 0 atom stereocenters. The summed E-state index contributed by atoms with van der Waals surface area (Å²) < 4.78 is 9.46. The Hall–Kier alpha value is -5.68. The second-order valence-corrected chi connectivity index (χ2v) is 17.1. The van der Waals surface area contributed by atoms with Crippen molar-refractivity contribution >= 4 is 80.0 Å². The van der Waals surface area contributed by atoms with Crippen molar-refractivity contribution < 1.29 is 4.42 Å². The van der Waals surface area contributed by atoms with Crippen LogP contribution in [0.2, 0.25) is 0 Å². The number of benzene rings is 5. The molecular formula is C49H48BN3O. The highest BCUT2D eigenvalue weighted by molar-refractivity contribution is 6.71. The summed E-state index contributed by atoms with van der Waals surface area (Å²) in [5.41, 5.74) is 15.6. The van der Waals surface area contributed by atoms with Crippen LogP contribution in [0.1, 0.15) is 65.5 Å². The Kier molecular flexibility index (Phi) is 8.04. The van der Waals surface area contributed by atoms with E-state index in [-0.39, 0.29) is 10.8 Å². The maximum atomic E-state index is 7.24. The van der Waals surface area contributed by atoms with Crippen LogP contribution in [0, 0.1) is 5.41 Å². The SMILES string of the molecule is Cn1ccc2c3c(ccc21)Bc1ccccc1N(c1cccc(C2=CC=C(C(C)(C)C)CC2)c1)c1c(oc2ccc(C(C)(C)C)cc12)N3c1ccccc1. The molecule has 0 unspecified atom stereocenters. The van der Waals surface area contributed by atoms with E-state index < -0.39 is 0 Å². The first-order valence-electron chi connectivity index (χ1n) is 19.3. The molecule has 5 heteroatoms. The van der Waals surface area contributed by atoms with Gasteiger partial charge in [-0.1, -0.05) is 131 Å². The predicted octanol–water partition coefficient (Wildman–Crippen LogP) is 12.0. The maximum absolute atomic E-state index is 7.24. The maximum Gasteiger partial charge on any atom is 0.230 e. The number of rotatable bonds is 3. The van der Waals surface area contributed by atoms with Gasteiger partial charge in [-0.15, -0.1) is 0 Å². The van der Waals surface area contributed by atoms with E-state index in [1.165, 1.54) is 44.1 Å². The number of aromatic nitrogens is 1. The molecule has 1 aliphatic heterocycles. The molecule has 0 fully saturated rings. The van der Waals surface area contributed by atoms with Gasteiger partial charge in [0.1, 0.15) is 11.3 Å². The Balaban J connectivity index is 1.39. The molecule has 0 spiro atoms. The van der Waals surface area contributed by atoms with E-state index in [4.69, 9.17) is 4.42 Å². The Bertz CT molecular complexity index is 2630. The van der Waals surface area contributed by atoms with Crippen LogP contribution < -0.4 is 20.7 Å². The second-order valence-electron chi connectivity index (χ2n) is 17.1. The van der Waals surface area contributed by atoms with Crippen LogP contribution in [-0.4, -0.2) is 11.8 Å². The standard InChI is InChI=1S/C49H48BN3O/c1-48(2,3)34-22-20-32(21-23-34)33-14-13-17-37(30-33)52-43-19-12-11-18-40(43)50-41-25-26-42-38(28-29-51(42)7)45(41)53(36-15-9-8-10-16-36)47-46(52)39-31-35(49(4,5)6)24-27-44(39)54-47/h8-20,22,24-31,50H,21,23H2,1-7H3. The molecule has 0 radical (unpaired) electrons. The van der Waals surface area contributed by atoms with Crippen LogP contribution in [0.3, 0.4) is 0 Å². The van der Waals surface area contributed by atoms with Crippen molar-refractivity contribution in [2.75, 3.05) is 9.80 Å². The van der Waals surface area contributed by atoms with Crippen molar-refractivity contribution in [2.45, 2.75) is 59.8 Å². The topological polar surface area (TPSA) is 24.6 Å². The molecule has 0 N–H and O–H groups in total. The van der Waals surface area contributed by atoms with Crippen molar-refractivity contribution in [1.29, 1.82) is 0 Å². The van der Waals surface area contributed by atoms with Gasteiger partial charge in [0.05, 0.1) is 5.69 Å². The number of hydrogen-bond acceptors (Lipinski definition) is 3. The lowest BCUT2D eigenvalue weighted by Crippen LogP contribution is -2.32. The third-order valence-corrected chi connectivity index (χ3v) is 11.5. The fourth-order valence-corrected chi connectivity index (χ4v) is 8.44. The van der Waals surface area contributed by atoms with Crippen molar-refractivity contribution in [2.24, 2.45) is 12.5 Å². The van der Waals surface area contributed by atoms with Crippen molar-refractivity contribution in [1.82, 2.24) is 4.57 Å². The van der Waals surface area contributed by atoms with Crippen LogP contribution in [0.4, 0.5) is 34.3 Å². The molecule has 4 nitrogen and oxygen atoms in total. The first kappa shape index (κ1) is 34.1. The lowest BCUT2D eigenvalue weighted by atomic mass is 9.62. The molecule has 0 saturated carbocycles. The minimum atomic E-state index is -0.0473. The predicted molar refractivity (Wildman–Crippen MR) is 232 cm³/mol. The summed E-state index contributed by atoms with van der Waals surface area (Å²) in [5, 5.41) is 2.29. The van der Waals surface area contributed by atoms with Gasteiger partial charge in [0.25, 0.3) is 0 Å². The molecule has 9 rings (SSSR count). The van der Waals surface area contributed by atoms with Crippen LogP contribution in [0.15, 0.2) is 144 Å². The highest BCUT2D eigenvalue weighted by Gasteiger charge is 2.34. The zero-order valence-electron chi connectivity index (χ0n) is 32.6. The van der Waals surface area contributed by atoms with Crippen molar-refractivity contribution in [3.05, 3.63) is 150 Å². The van der Waals surface area contributed by atoms with Crippen molar-refractivity contribution in [3.8, 4) is 0 Å². The largest absolute Gasteiger partial charge is 0.437 e. The monoisotopic (exact) mass is 705 g/mol. The normalized spacial score (nSPS) is 14.7. The molecule has 0 amide bonds. The van der Waals surface area contributed by atoms with Gasteiger partial charge in [0.2, 0.25) is 5.88 Å². The highest BCUT2D eigenvalue weighted by Crippen LogP contribution is 2.52. The Morgan fingerprint density at radius 3 is 2.15 bits per heavy atom. The number of anilines is 6. The Morgan fingerprint density at radius 2 is 1.39 bits per heavy atom. The van der Waals surface area contributed by atoms with Crippen LogP contribution in [0.25, 0.3) is 27.4 Å². The molecular weight excluding hydrogens is 657 g/mol. The van der Waals surface area contributed by atoms with Gasteiger partial charge in [-0.05, 0) is 95.0 Å². The fourth-order valence-electron chi connectivity index (χ4n) is 8.44. The lowest BCUT2D eigenvalue weighted by molar-refractivity contribution is 0.482. The quantitative estimate of drug-likeness (QED) is 0.171. The number of hydrogen-bond donors (Lipinski definition) is 0. The molecule has 0 bridgehead atoms. The molecule has 54 heavy (non-hydrogen) atoms. The number of nitrogens with zero attached hydrogens (tertiary/aromatic N) is 3. The molecule has 2 aromatic heterocycles. The van der Waals surface area contributed by atoms with Gasteiger partial charge in [0, 0.05) is 46.6 Å². The van der Waals surface area contributed by atoms with E-state index in [9.17, 15) is 0 Å². The minimum absolute atomic E-state index is 0.0473. The third kappa shape index (κ3) is 5.78. The van der Waals surface area contributed by atoms with Gasteiger partial charge >= 0.3 is 0 Å². The summed E-state index contributed by atoms with van der Waals surface area (Å²) in [6.45, 7) is 13.8. The zero-order valence-corrected chi connectivity index (χ0v) is 32.6. The van der Waals surface area contributed by atoms with Crippen molar-refractivity contribution in [3.63, 3.8) is 0 Å². The lowest BCUT2D eigenvalue weighted by Gasteiger charge is -2.31. The minimum Gasteiger partial charge on any atom is -0.437 e. The molecule has 5 aromatic carbocycles. The van der Waals surface area contributed by atoms with Gasteiger partial charge < -0.3 is 13.9 Å². The molecule has 2 aliphatic rings. The van der Waals surface area contributed by atoms with E-state index in [2.05, 4.69) is 197 Å². The average molecular weight is 706 g/mol. The summed E-state index contributed by atoms with van der Waals surface area (Å²) in [7, 11) is 2.89. The Labute approximate surface area is 320 Å². The Morgan fingerprint density at radius 1 is 0.611 bits per heavy atom. The number of allylic oxidation sites excluding steroid dienone is 4. The molecule has 1 aliphatic carbocycles. The number of para-hydroxylation sites is 2. The number of fused-ring (bicyclic) bond motifs is 7. The van der Waals surface area contributed by atoms with E-state index in [1.807, 2.05) is 0 Å². The summed E-state index contributed by atoms with van der Waals surface area (Å²) in [5.74, 6) is 0.802. The van der Waals surface area contributed by atoms with E-state index in [0.717, 1.165) is 65.4 Å². The van der Waals surface area contributed by atoms with Gasteiger partial charge in [-0.3, -0.25) is 4.90 Å². The van der Waals surface area contributed by atoms with Crippen LogP contribution in [0.5, 0.6) is 0 Å². The first-order valence-corrected chi connectivity index (χ1v) is 19.3. The summed E-state index contributed by atoms with van der Waals surface area (Å²) >= 11 is 0. The summed E-state index contributed by atoms with van der Waals surface area (Å²) in [6, 6.07) is 42.5. The van der Waals surface area contributed by atoms with Gasteiger partial charge in [0.15, 0.2) is 7.28 Å². The van der Waals surface area contributed by atoms with Crippen LogP contribution >= 0.6 is 0 Å². The average Bonchev–Trinajstić information content (AvgIpc) is 3.73. The van der Waals surface area contributed by atoms with E-state index >= 15 is 0 Å². The molecule has 0 saturated heterocycles. The number of furan rings is 1. The van der Waals surface area contributed by atoms with Gasteiger partial charge in [-0.25, -0.2) is 0 Å². The molecule has 3 heterocycles. The molecule has 268 valence electrons. The molecule has 7 aromatic rings. The van der Waals surface area contributed by atoms with Gasteiger partial charge in [-0.2, -0.15) is 0 Å². The third-order valence-electron chi connectivity index (χ3n) is 11.5. The second kappa shape index (κ2) is 12.7. The smallest absolute Gasteiger partial charge is 0.230 e. The van der Waals surface area contributed by atoms with Crippen LogP contribution in [-0.2, 0) is 12.5 Å². The highest BCUT2D eigenvalue weighted by atomic mass is 16.4. The van der Waals surface area contributed by atoms with E-state index in [1.54, 1.807) is 0 Å². The fraction of sp³-hybridized carbons (Fsp3) is 0.224.